The molecule has 0 aliphatic heterocycles. The number of nitrogens with one attached hydrogen (secondary N) is 1. The van der Waals surface area contributed by atoms with Crippen LogP contribution in [0.15, 0.2) is 24.3 Å². The number of amides is 1. The van der Waals surface area contributed by atoms with Crippen LogP contribution in [0.1, 0.15) is 335 Å². The number of hydrogen-bond acceptors (Lipinski definition) is 5. The van der Waals surface area contributed by atoms with E-state index < -0.39 is 12.1 Å². The predicted octanol–water partition coefficient (Wildman–Crippen LogP) is 19.0. The van der Waals surface area contributed by atoms with Crippen molar-refractivity contribution in [3.63, 3.8) is 0 Å². The van der Waals surface area contributed by atoms with Gasteiger partial charge in [-0.1, -0.05) is 289 Å². The summed E-state index contributed by atoms with van der Waals surface area (Å²) in [5.74, 6) is -0.0771. The lowest BCUT2D eigenvalue weighted by Gasteiger charge is -2.20. The summed E-state index contributed by atoms with van der Waals surface area (Å²) >= 11 is 0. The van der Waals surface area contributed by atoms with Crippen LogP contribution in [0.4, 0.5) is 0 Å². The third kappa shape index (κ3) is 53.7. The van der Waals surface area contributed by atoms with Crippen LogP contribution in [-0.2, 0) is 14.3 Å². The number of aliphatic hydroxyl groups excluding tert-OH is 2. The lowest BCUT2D eigenvalue weighted by atomic mass is 10.0. The number of esters is 1. The van der Waals surface area contributed by atoms with E-state index in [9.17, 15) is 19.8 Å². The molecule has 0 rings (SSSR count). The molecule has 0 saturated carbocycles. The number of aliphatic hydroxyl groups is 2. The third-order valence-corrected chi connectivity index (χ3v) is 14.2. The smallest absolute Gasteiger partial charge is 0.305 e. The van der Waals surface area contributed by atoms with Crippen molar-refractivity contribution in [2.24, 2.45) is 0 Å². The molecule has 0 aliphatic rings. The van der Waals surface area contributed by atoms with E-state index in [2.05, 4.69) is 31.3 Å². The average Bonchev–Trinajstić information content (AvgIpc) is 3.34. The van der Waals surface area contributed by atoms with Crippen LogP contribution in [0.25, 0.3) is 0 Å². The van der Waals surface area contributed by atoms with Gasteiger partial charge in [0.05, 0.1) is 25.4 Å². The largest absolute Gasteiger partial charge is 0.466 e. The maximum absolute atomic E-state index is 12.5. The van der Waals surface area contributed by atoms with Gasteiger partial charge in [0, 0.05) is 12.8 Å². The SMILES string of the molecule is CCCCCCCC/C=C\CCCCCCCCCC(=O)OCCCCCCCCCCCCCCCCCC(=O)NC(CO)C(O)/C=C/CCCCCCCCCCCCCCCCCCC. The van der Waals surface area contributed by atoms with Gasteiger partial charge >= 0.3 is 5.97 Å². The highest BCUT2D eigenvalue weighted by Gasteiger charge is 2.18. The summed E-state index contributed by atoms with van der Waals surface area (Å²) in [6.45, 7) is 4.90. The van der Waals surface area contributed by atoms with Gasteiger partial charge in [-0.2, -0.15) is 0 Å². The summed E-state index contributed by atoms with van der Waals surface area (Å²) in [6.07, 6.45) is 70.6. The van der Waals surface area contributed by atoms with Crippen molar-refractivity contribution in [2.75, 3.05) is 13.2 Å². The average molecular weight is 959 g/mol. The van der Waals surface area contributed by atoms with E-state index in [-0.39, 0.29) is 18.5 Å². The molecule has 0 aromatic heterocycles. The van der Waals surface area contributed by atoms with Gasteiger partial charge in [-0.25, -0.2) is 0 Å². The van der Waals surface area contributed by atoms with Gasteiger partial charge in [0.15, 0.2) is 0 Å². The molecule has 3 N–H and O–H groups in total. The van der Waals surface area contributed by atoms with E-state index >= 15 is 0 Å². The van der Waals surface area contributed by atoms with Crippen LogP contribution < -0.4 is 5.32 Å². The molecule has 1 amide bonds. The number of carbonyl (C=O) groups excluding carboxylic acids is 2. The molecule has 0 radical (unpaired) electrons. The lowest BCUT2D eigenvalue weighted by molar-refractivity contribution is -0.143. The molecule has 0 saturated heterocycles. The molecule has 402 valence electrons. The fourth-order valence-corrected chi connectivity index (χ4v) is 9.51. The Hall–Kier alpha value is -1.66. The zero-order chi connectivity index (χ0) is 49.3. The highest BCUT2D eigenvalue weighted by atomic mass is 16.5. The number of ether oxygens (including phenoxy) is 1. The van der Waals surface area contributed by atoms with Gasteiger partial charge in [-0.05, 0) is 57.8 Å². The van der Waals surface area contributed by atoms with Gasteiger partial charge in [0.1, 0.15) is 0 Å². The molecular weight excluding hydrogens is 839 g/mol. The highest BCUT2D eigenvalue weighted by molar-refractivity contribution is 5.76. The highest BCUT2D eigenvalue weighted by Crippen LogP contribution is 2.17. The second-order valence-electron chi connectivity index (χ2n) is 21.0. The number of carbonyl (C=O) groups is 2. The first kappa shape index (κ1) is 66.3. The second-order valence-corrected chi connectivity index (χ2v) is 21.0. The Bertz CT molecular complexity index is 1060. The van der Waals surface area contributed by atoms with Crippen molar-refractivity contribution < 1.29 is 24.5 Å². The zero-order valence-corrected chi connectivity index (χ0v) is 45.9. The number of hydrogen-bond donors (Lipinski definition) is 3. The van der Waals surface area contributed by atoms with E-state index in [4.69, 9.17) is 4.74 Å². The second kappa shape index (κ2) is 57.9. The summed E-state index contributed by atoms with van der Waals surface area (Å²) < 4.78 is 5.48. The van der Waals surface area contributed by atoms with Crippen LogP contribution in [0.2, 0.25) is 0 Å². The first-order valence-corrected chi connectivity index (χ1v) is 30.6. The summed E-state index contributed by atoms with van der Waals surface area (Å²) in [5, 5.41) is 23.2. The Morgan fingerprint density at radius 2 is 0.691 bits per heavy atom. The maximum atomic E-state index is 12.5. The molecule has 0 heterocycles. The minimum absolute atomic E-state index is 0.00319. The molecule has 0 bridgehead atoms. The molecular formula is C62H119NO5. The molecule has 2 unspecified atom stereocenters. The molecule has 6 nitrogen and oxygen atoms in total. The molecule has 2 atom stereocenters. The van der Waals surface area contributed by atoms with Crippen molar-refractivity contribution in [1.82, 2.24) is 5.32 Å². The molecule has 0 aromatic carbocycles. The normalized spacial score (nSPS) is 12.7. The Kier molecular flexibility index (Phi) is 56.5. The monoisotopic (exact) mass is 958 g/mol. The van der Waals surface area contributed by atoms with E-state index in [0.717, 1.165) is 51.4 Å². The van der Waals surface area contributed by atoms with Gasteiger partial charge in [-0.15, -0.1) is 0 Å². The van der Waals surface area contributed by atoms with Crippen LogP contribution >= 0.6 is 0 Å². The number of unbranched alkanes of at least 4 members (excludes halogenated alkanes) is 44. The minimum atomic E-state index is -0.851. The number of allylic oxidation sites excluding steroid dienone is 3. The van der Waals surface area contributed by atoms with Crippen LogP contribution in [0.5, 0.6) is 0 Å². The first-order valence-electron chi connectivity index (χ1n) is 30.6. The van der Waals surface area contributed by atoms with Gasteiger partial charge in [0.25, 0.3) is 0 Å². The quantitative estimate of drug-likeness (QED) is 0.0321. The summed E-state index contributed by atoms with van der Waals surface area (Å²) in [7, 11) is 0. The summed E-state index contributed by atoms with van der Waals surface area (Å²) in [6, 6.07) is -0.635. The number of rotatable bonds is 57. The van der Waals surface area contributed by atoms with Crippen LogP contribution in [0.3, 0.4) is 0 Å². The zero-order valence-electron chi connectivity index (χ0n) is 45.9. The molecule has 0 fully saturated rings. The van der Waals surface area contributed by atoms with E-state index in [1.54, 1.807) is 6.08 Å². The molecule has 0 aliphatic carbocycles. The topological polar surface area (TPSA) is 95.9 Å². The Morgan fingerprint density at radius 1 is 0.397 bits per heavy atom. The molecule has 0 aromatic rings. The Balaban J connectivity index is 3.45. The predicted molar refractivity (Wildman–Crippen MR) is 296 cm³/mol. The van der Waals surface area contributed by atoms with E-state index in [1.807, 2.05) is 6.08 Å². The van der Waals surface area contributed by atoms with Crippen LogP contribution in [0, 0.1) is 0 Å². The van der Waals surface area contributed by atoms with Crippen molar-refractivity contribution in [2.45, 2.75) is 347 Å². The standard InChI is InChI=1S/C62H119NO5/c1-3-5-7-9-11-13-15-17-19-21-22-24-26-30-34-38-42-46-50-54-60(65)59(58-64)63-61(66)55-51-47-43-39-35-31-27-25-29-33-37-41-45-49-53-57-68-62(67)56-52-48-44-40-36-32-28-23-20-18-16-14-12-10-8-6-4-2/h18,20,50,54,59-60,64-65H,3-17,19,21-49,51-53,55-58H2,1-2H3,(H,63,66)/b20-18-,54-50+. The van der Waals surface area contributed by atoms with Crippen molar-refractivity contribution in [1.29, 1.82) is 0 Å². The molecule has 68 heavy (non-hydrogen) atoms. The maximum Gasteiger partial charge on any atom is 0.305 e. The van der Waals surface area contributed by atoms with E-state index in [0.29, 0.717) is 19.4 Å². The fraction of sp³-hybridized carbons (Fsp3) is 0.903. The fourth-order valence-electron chi connectivity index (χ4n) is 9.51. The summed E-state index contributed by atoms with van der Waals surface area (Å²) in [5.41, 5.74) is 0. The Morgan fingerprint density at radius 3 is 1.04 bits per heavy atom. The molecule has 0 spiro atoms. The van der Waals surface area contributed by atoms with Crippen molar-refractivity contribution in [3.8, 4) is 0 Å². The van der Waals surface area contributed by atoms with Crippen LogP contribution in [-0.4, -0.2) is 47.4 Å². The summed E-state index contributed by atoms with van der Waals surface area (Å²) in [4.78, 5) is 24.6. The van der Waals surface area contributed by atoms with Gasteiger partial charge in [-0.3, -0.25) is 9.59 Å². The third-order valence-electron chi connectivity index (χ3n) is 14.2. The first-order chi connectivity index (χ1) is 33.5. The van der Waals surface area contributed by atoms with Gasteiger partial charge < -0.3 is 20.3 Å². The Labute approximate surface area is 424 Å². The van der Waals surface area contributed by atoms with Gasteiger partial charge in [0.2, 0.25) is 5.91 Å². The lowest BCUT2D eigenvalue weighted by Crippen LogP contribution is -2.45. The van der Waals surface area contributed by atoms with Crippen molar-refractivity contribution >= 4 is 11.9 Å². The minimum Gasteiger partial charge on any atom is -0.466 e. The van der Waals surface area contributed by atoms with Crippen molar-refractivity contribution in [3.05, 3.63) is 24.3 Å². The van der Waals surface area contributed by atoms with E-state index in [1.165, 1.54) is 257 Å². The molecule has 6 heteroatoms.